The number of fused-ring (bicyclic) bond motifs is 2. The number of amides is 3. The zero-order chi connectivity index (χ0) is 22.7. The second kappa shape index (κ2) is 9.48. The number of thioether (sulfide) groups is 1. The summed E-state index contributed by atoms with van der Waals surface area (Å²) in [5, 5.41) is 6.23. The number of hydrogen-bond donors (Lipinski definition) is 2. The second-order valence-corrected chi connectivity index (χ2v) is 8.87. The molecule has 166 valence electrons. The first-order valence-corrected chi connectivity index (χ1v) is 11.6. The van der Waals surface area contributed by atoms with Gasteiger partial charge in [-0.05, 0) is 50.2 Å². The van der Waals surface area contributed by atoms with E-state index in [2.05, 4.69) is 10.6 Å². The lowest BCUT2D eigenvalue weighted by Gasteiger charge is -2.23. The smallest absolute Gasteiger partial charge is 0.242 e. The van der Waals surface area contributed by atoms with E-state index in [4.69, 9.17) is 0 Å². The van der Waals surface area contributed by atoms with Crippen LogP contribution in [0.15, 0.2) is 59.6 Å². The average molecular weight is 451 g/mol. The van der Waals surface area contributed by atoms with Crippen molar-refractivity contribution in [2.75, 3.05) is 23.7 Å². The number of anilines is 2. The van der Waals surface area contributed by atoms with E-state index in [0.717, 1.165) is 21.5 Å². The molecule has 0 radical (unpaired) electrons. The molecule has 3 aromatic rings. The van der Waals surface area contributed by atoms with Crippen LogP contribution in [-0.2, 0) is 20.9 Å². The van der Waals surface area contributed by atoms with E-state index in [1.54, 1.807) is 4.90 Å². The highest BCUT2D eigenvalue weighted by atomic mass is 32.2. The maximum absolute atomic E-state index is 12.6. The van der Waals surface area contributed by atoms with Crippen molar-refractivity contribution in [2.24, 2.45) is 0 Å². The molecule has 32 heavy (non-hydrogen) atoms. The highest BCUT2D eigenvalue weighted by Crippen LogP contribution is 2.36. The molecule has 1 aromatic heterocycles. The van der Waals surface area contributed by atoms with E-state index < -0.39 is 5.25 Å². The summed E-state index contributed by atoms with van der Waals surface area (Å²) in [6.45, 7) is 5.60. The van der Waals surface area contributed by atoms with Gasteiger partial charge in [0, 0.05) is 47.2 Å². The number of carbonyl (C=O) groups excluding carboxylic acids is 3. The standard InChI is InChI=1S/C24H26N4O3S/c1-3-27(4-2)23(30)15-28-12-11-16-13-17(9-10-19(16)28)25-22(29)14-21-24(31)26-18-7-5-6-8-20(18)32-21/h5-13,21H,3-4,14-15H2,1-2H3,(H,25,29)(H,26,31). The molecule has 3 amide bonds. The number of rotatable bonds is 7. The van der Waals surface area contributed by atoms with Gasteiger partial charge in [-0.15, -0.1) is 11.8 Å². The lowest BCUT2D eigenvalue weighted by Crippen LogP contribution is -2.33. The molecule has 8 heteroatoms. The number of benzene rings is 2. The molecular formula is C24H26N4O3S. The van der Waals surface area contributed by atoms with Crippen LogP contribution in [0.5, 0.6) is 0 Å². The zero-order valence-corrected chi connectivity index (χ0v) is 18.9. The molecule has 2 heterocycles. The lowest BCUT2D eigenvalue weighted by atomic mass is 10.2. The third kappa shape index (κ3) is 4.65. The largest absolute Gasteiger partial charge is 0.342 e. The van der Waals surface area contributed by atoms with Crippen LogP contribution in [0, 0.1) is 0 Å². The quantitative estimate of drug-likeness (QED) is 0.571. The zero-order valence-electron chi connectivity index (χ0n) is 18.1. The molecule has 1 aliphatic heterocycles. The van der Waals surface area contributed by atoms with Gasteiger partial charge in [0.1, 0.15) is 6.54 Å². The number of carbonyl (C=O) groups is 3. The normalized spacial score (nSPS) is 15.2. The highest BCUT2D eigenvalue weighted by molar-refractivity contribution is 8.01. The number of likely N-dealkylation sites (N-methyl/N-ethyl adjacent to an activating group) is 1. The van der Waals surface area contributed by atoms with Gasteiger partial charge in [-0.25, -0.2) is 0 Å². The maximum Gasteiger partial charge on any atom is 0.242 e. The fourth-order valence-electron chi connectivity index (χ4n) is 3.85. The molecule has 1 unspecified atom stereocenters. The summed E-state index contributed by atoms with van der Waals surface area (Å²) in [5.41, 5.74) is 2.38. The van der Waals surface area contributed by atoms with Crippen molar-refractivity contribution in [2.45, 2.75) is 37.0 Å². The molecule has 0 bridgehead atoms. The van der Waals surface area contributed by atoms with Crippen LogP contribution in [0.25, 0.3) is 10.9 Å². The molecule has 2 aromatic carbocycles. The predicted octanol–water partition coefficient (Wildman–Crippen LogP) is 3.95. The first-order chi connectivity index (χ1) is 15.5. The van der Waals surface area contributed by atoms with Crippen LogP contribution < -0.4 is 10.6 Å². The SMILES string of the molecule is CCN(CC)C(=O)Cn1ccc2cc(NC(=O)CC3Sc4ccccc4NC3=O)ccc21. The Morgan fingerprint density at radius 1 is 1.12 bits per heavy atom. The van der Waals surface area contributed by atoms with Gasteiger partial charge in [0.15, 0.2) is 0 Å². The van der Waals surface area contributed by atoms with Crippen LogP contribution >= 0.6 is 11.8 Å². The summed E-state index contributed by atoms with van der Waals surface area (Å²) >= 11 is 1.41. The summed E-state index contributed by atoms with van der Waals surface area (Å²) in [6.07, 6.45) is 1.97. The monoisotopic (exact) mass is 450 g/mol. The Morgan fingerprint density at radius 2 is 1.91 bits per heavy atom. The van der Waals surface area contributed by atoms with Crippen molar-refractivity contribution in [3.05, 3.63) is 54.7 Å². The van der Waals surface area contributed by atoms with Gasteiger partial charge in [-0.3, -0.25) is 14.4 Å². The molecule has 1 atom stereocenters. The molecule has 1 aliphatic rings. The molecule has 0 aliphatic carbocycles. The minimum absolute atomic E-state index is 0.0784. The Hall–Kier alpha value is -3.26. The van der Waals surface area contributed by atoms with Crippen molar-refractivity contribution in [3.8, 4) is 0 Å². The minimum Gasteiger partial charge on any atom is -0.342 e. The van der Waals surface area contributed by atoms with Crippen LogP contribution in [-0.4, -0.2) is 45.5 Å². The predicted molar refractivity (Wildman–Crippen MR) is 128 cm³/mol. The number of nitrogens with zero attached hydrogens (tertiary/aromatic N) is 2. The van der Waals surface area contributed by atoms with Crippen molar-refractivity contribution in [3.63, 3.8) is 0 Å². The Bertz CT molecular complexity index is 1170. The third-order valence-corrected chi connectivity index (χ3v) is 6.83. The Morgan fingerprint density at radius 3 is 2.69 bits per heavy atom. The van der Waals surface area contributed by atoms with Crippen LogP contribution in [0.1, 0.15) is 20.3 Å². The third-order valence-electron chi connectivity index (χ3n) is 5.55. The van der Waals surface area contributed by atoms with Gasteiger partial charge in [0.05, 0.1) is 10.9 Å². The number of nitrogens with one attached hydrogen (secondary N) is 2. The molecule has 7 nitrogen and oxygen atoms in total. The summed E-state index contributed by atoms with van der Waals surface area (Å²) in [6, 6.07) is 15.1. The second-order valence-electron chi connectivity index (χ2n) is 7.63. The Balaban J connectivity index is 1.41. The van der Waals surface area contributed by atoms with Gasteiger partial charge < -0.3 is 20.1 Å². The fraction of sp³-hybridized carbons (Fsp3) is 0.292. The lowest BCUT2D eigenvalue weighted by molar-refractivity contribution is -0.131. The van der Waals surface area contributed by atoms with E-state index in [0.29, 0.717) is 18.8 Å². The molecular weight excluding hydrogens is 424 g/mol. The van der Waals surface area contributed by atoms with Crippen molar-refractivity contribution >= 4 is 51.8 Å². The number of para-hydroxylation sites is 1. The van der Waals surface area contributed by atoms with Gasteiger partial charge in [-0.2, -0.15) is 0 Å². The van der Waals surface area contributed by atoms with E-state index >= 15 is 0 Å². The highest BCUT2D eigenvalue weighted by Gasteiger charge is 2.28. The van der Waals surface area contributed by atoms with Gasteiger partial charge in [-0.1, -0.05) is 12.1 Å². The van der Waals surface area contributed by atoms with Gasteiger partial charge >= 0.3 is 0 Å². The fourth-order valence-corrected chi connectivity index (χ4v) is 4.96. The number of hydrogen-bond acceptors (Lipinski definition) is 4. The summed E-state index contributed by atoms with van der Waals surface area (Å²) in [4.78, 5) is 40.2. The van der Waals surface area contributed by atoms with E-state index in [-0.39, 0.29) is 30.7 Å². The Kier molecular flexibility index (Phi) is 6.50. The minimum atomic E-state index is -0.471. The molecule has 0 saturated carbocycles. The molecule has 0 saturated heterocycles. The van der Waals surface area contributed by atoms with Gasteiger partial charge in [0.2, 0.25) is 17.7 Å². The average Bonchev–Trinajstić information content (AvgIpc) is 3.17. The first-order valence-electron chi connectivity index (χ1n) is 10.7. The summed E-state index contributed by atoms with van der Waals surface area (Å²) in [7, 11) is 0. The van der Waals surface area contributed by atoms with Crippen molar-refractivity contribution in [1.82, 2.24) is 9.47 Å². The van der Waals surface area contributed by atoms with Gasteiger partial charge in [0.25, 0.3) is 0 Å². The molecule has 0 fully saturated rings. The molecule has 0 spiro atoms. The van der Waals surface area contributed by atoms with E-state index in [1.165, 1.54) is 11.8 Å². The number of aromatic nitrogens is 1. The van der Waals surface area contributed by atoms with Crippen LogP contribution in [0.3, 0.4) is 0 Å². The Labute approximate surface area is 191 Å². The summed E-state index contributed by atoms with van der Waals surface area (Å²) in [5.74, 6) is -0.295. The summed E-state index contributed by atoms with van der Waals surface area (Å²) < 4.78 is 1.92. The van der Waals surface area contributed by atoms with Crippen molar-refractivity contribution in [1.29, 1.82) is 0 Å². The first kappa shape index (κ1) is 22.0. The molecule has 2 N–H and O–H groups in total. The van der Waals surface area contributed by atoms with Crippen LogP contribution in [0.4, 0.5) is 11.4 Å². The van der Waals surface area contributed by atoms with Crippen molar-refractivity contribution < 1.29 is 14.4 Å². The van der Waals surface area contributed by atoms with Crippen LogP contribution in [0.2, 0.25) is 0 Å². The molecule has 4 rings (SSSR count). The maximum atomic E-state index is 12.6. The topological polar surface area (TPSA) is 83.4 Å². The van der Waals surface area contributed by atoms with E-state index in [9.17, 15) is 14.4 Å². The van der Waals surface area contributed by atoms with E-state index in [1.807, 2.05) is 73.1 Å².